The predicted octanol–water partition coefficient (Wildman–Crippen LogP) is 16.1. The summed E-state index contributed by atoms with van der Waals surface area (Å²) in [5, 5.41) is 20.6. The fraction of sp³-hybridized carbons (Fsp3) is 0.417. The first-order chi connectivity index (χ1) is 32.9. The van der Waals surface area contributed by atoms with Gasteiger partial charge < -0.3 is 39.6 Å². The number of amides is 2. The van der Waals surface area contributed by atoms with E-state index < -0.39 is 51.8 Å². The van der Waals surface area contributed by atoms with Gasteiger partial charge in [-0.15, -0.1) is 0 Å². The van der Waals surface area contributed by atoms with Gasteiger partial charge >= 0.3 is 24.5 Å². The van der Waals surface area contributed by atoms with Crippen LogP contribution in [0.25, 0.3) is 0 Å². The number of nitrogens with zero attached hydrogens (tertiary/aromatic N) is 2. The normalized spacial score (nSPS) is 12.2. The number of benzene rings is 4. The third-order valence-corrected chi connectivity index (χ3v) is 10.4. The molecule has 0 aliphatic carbocycles. The maximum atomic E-state index is 11.9. The van der Waals surface area contributed by atoms with Crippen molar-refractivity contribution in [2.24, 2.45) is 0 Å². The average Bonchev–Trinajstić information content (AvgIpc) is 3.21. The Kier molecular flexibility index (Phi) is 27.6. The van der Waals surface area contributed by atoms with E-state index in [-0.39, 0.29) is 10.7 Å². The summed E-state index contributed by atoms with van der Waals surface area (Å²) in [6, 6.07) is 20.7. The Morgan fingerprint density at radius 1 is 0.583 bits per heavy atom. The molecule has 0 spiro atoms. The van der Waals surface area contributed by atoms with Gasteiger partial charge in [-0.1, -0.05) is 94.2 Å². The Labute approximate surface area is 466 Å². The van der Waals surface area contributed by atoms with E-state index >= 15 is 0 Å². The van der Waals surface area contributed by atoms with E-state index in [1.165, 1.54) is 12.1 Å². The molecule has 4 aromatic carbocycles. The molecular formula is C48H61Br3Cl4N6O11. The van der Waals surface area contributed by atoms with Crippen LogP contribution in [0.1, 0.15) is 83.1 Å². The SMILES string of the molecule is CC(C)(C)OC(=O)Nc1cc(Br)ccc1Cl.CC(C)(C)OC(=O)Nc1cc(N2CCNCC2)ccc1Cl.CC(C)(C)OC(=O)OC(=O)OC(C)(C)C.Nc1cc(Br)ccc1Cl.O=[N+]([O-])c1cc(Br)ccc1Cl. The third kappa shape index (κ3) is 30.0. The van der Waals surface area contributed by atoms with Crippen molar-refractivity contribution in [1.82, 2.24) is 5.32 Å². The standard InChI is InChI=1S/C15H22ClN3O2.C11H13BrClNO2.C10H18O5.C6H3BrClNO2.C6H5BrClN/c1-15(2,3)21-14(20)18-13-10-11(4-5-12(13)16)19-8-6-17-7-9-19;1-11(2,3)16-10(15)14-9-6-7(12)4-5-8(9)13;1-9(2,3)14-7(11)13-8(12)15-10(4,5)6;7-4-1-2-5(8)6(3-4)9(10)11;7-4-1-2-5(8)6(9)3-4/h4-5,10,17H,6-9H2,1-3H3,(H,18,20);4-6H,1-3H3,(H,14,15);1-6H3;1-3H;1-3H,9H2. The van der Waals surface area contributed by atoms with Crippen LogP contribution in [-0.2, 0) is 23.7 Å². The van der Waals surface area contributed by atoms with Crippen LogP contribution in [0.5, 0.6) is 0 Å². The molecule has 24 heteroatoms. The van der Waals surface area contributed by atoms with Crippen molar-refractivity contribution < 1.29 is 47.8 Å². The Bertz CT molecular complexity index is 2430. The highest BCUT2D eigenvalue weighted by molar-refractivity contribution is 9.11. The molecule has 1 heterocycles. The van der Waals surface area contributed by atoms with Crippen molar-refractivity contribution in [2.45, 2.75) is 105 Å². The number of nitrogen functional groups attached to an aromatic ring is 1. The highest BCUT2D eigenvalue weighted by Crippen LogP contribution is 2.30. The zero-order valence-corrected chi connectivity index (χ0v) is 49.6. The highest BCUT2D eigenvalue weighted by atomic mass is 79.9. The van der Waals surface area contributed by atoms with Gasteiger partial charge in [0.15, 0.2) is 0 Å². The van der Waals surface area contributed by atoms with Gasteiger partial charge in [0.2, 0.25) is 0 Å². The number of hydrogen-bond donors (Lipinski definition) is 4. The Morgan fingerprint density at radius 3 is 1.35 bits per heavy atom. The summed E-state index contributed by atoms with van der Waals surface area (Å²) in [5.41, 5.74) is 5.67. The van der Waals surface area contributed by atoms with Gasteiger partial charge in [0.1, 0.15) is 27.4 Å². The summed E-state index contributed by atoms with van der Waals surface area (Å²) in [4.78, 5) is 57.4. The van der Waals surface area contributed by atoms with Crippen LogP contribution < -0.4 is 26.6 Å². The summed E-state index contributed by atoms with van der Waals surface area (Å²) in [6.45, 7) is 24.7. The van der Waals surface area contributed by atoms with Gasteiger partial charge in [-0.2, -0.15) is 0 Å². The van der Waals surface area contributed by atoms with E-state index in [4.69, 9.17) is 71.1 Å². The first-order valence-corrected chi connectivity index (χ1v) is 25.5. The van der Waals surface area contributed by atoms with Crippen LogP contribution in [0.4, 0.5) is 47.6 Å². The minimum atomic E-state index is -1.06. The van der Waals surface area contributed by atoms with E-state index in [2.05, 4.69) is 73.4 Å². The van der Waals surface area contributed by atoms with Crippen LogP contribution in [0, 0.1) is 10.1 Å². The molecule has 1 aliphatic rings. The number of ether oxygens (including phenoxy) is 5. The first kappa shape index (κ1) is 65.7. The van der Waals surface area contributed by atoms with Gasteiger partial charge in [0, 0.05) is 51.4 Å². The zero-order valence-electron chi connectivity index (χ0n) is 41.9. The Morgan fingerprint density at radius 2 is 0.958 bits per heavy atom. The topological polar surface area (TPSA) is 223 Å². The quantitative estimate of drug-likeness (QED) is 0.0373. The minimum Gasteiger partial charge on any atom is -0.444 e. The molecule has 0 bridgehead atoms. The summed E-state index contributed by atoms with van der Waals surface area (Å²) in [5.74, 6) is 0. The molecule has 17 nitrogen and oxygen atoms in total. The maximum absolute atomic E-state index is 11.9. The van der Waals surface area contributed by atoms with Crippen LogP contribution >= 0.6 is 94.2 Å². The van der Waals surface area contributed by atoms with E-state index in [0.29, 0.717) is 36.6 Å². The largest absolute Gasteiger partial charge is 0.519 e. The number of nitro groups is 1. The van der Waals surface area contributed by atoms with Crippen molar-refractivity contribution in [2.75, 3.05) is 47.4 Å². The van der Waals surface area contributed by atoms with Crippen molar-refractivity contribution in [3.8, 4) is 0 Å². The van der Waals surface area contributed by atoms with E-state index in [0.717, 1.165) is 40.8 Å². The molecule has 1 saturated heterocycles. The summed E-state index contributed by atoms with van der Waals surface area (Å²) >= 11 is 32.9. The molecule has 0 unspecified atom stereocenters. The summed E-state index contributed by atoms with van der Waals surface area (Å²) in [7, 11) is 0. The molecule has 5 N–H and O–H groups in total. The number of halogens is 7. The van der Waals surface area contributed by atoms with Crippen LogP contribution in [0.15, 0.2) is 86.2 Å². The second-order valence-corrected chi connectivity index (χ2v) is 23.2. The number of nitrogens with two attached hydrogens (primary N) is 1. The average molecular weight is 1280 g/mol. The smallest absolute Gasteiger partial charge is 0.444 e. The zero-order chi connectivity index (χ0) is 55.4. The van der Waals surface area contributed by atoms with Gasteiger partial charge in [0.05, 0.1) is 37.1 Å². The molecule has 398 valence electrons. The van der Waals surface area contributed by atoms with Crippen molar-refractivity contribution >= 4 is 147 Å². The molecule has 0 saturated carbocycles. The van der Waals surface area contributed by atoms with E-state index in [1.54, 1.807) is 105 Å². The molecule has 1 aliphatic heterocycles. The van der Waals surface area contributed by atoms with Crippen molar-refractivity contribution in [3.05, 3.63) is 116 Å². The number of anilines is 4. The van der Waals surface area contributed by atoms with Crippen molar-refractivity contribution in [1.29, 1.82) is 0 Å². The second kappa shape index (κ2) is 30.2. The fourth-order valence-corrected chi connectivity index (χ4v) is 6.62. The number of rotatable bonds is 4. The molecule has 0 atom stereocenters. The minimum absolute atomic E-state index is 0.0824. The maximum Gasteiger partial charge on any atom is 0.519 e. The Hall–Kier alpha value is -4.28. The molecule has 2 amide bonds. The van der Waals surface area contributed by atoms with Gasteiger partial charge in [-0.05, 0) is 150 Å². The predicted molar refractivity (Wildman–Crippen MR) is 298 cm³/mol. The molecule has 0 aromatic heterocycles. The number of nitro benzene ring substituents is 1. The molecule has 72 heavy (non-hydrogen) atoms. The lowest BCUT2D eigenvalue weighted by Crippen LogP contribution is -2.43. The molecule has 5 rings (SSSR count). The number of hydrogen-bond acceptors (Lipinski definition) is 14. The summed E-state index contributed by atoms with van der Waals surface area (Å²) < 4.78 is 26.6. The van der Waals surface area contributed by atoms with Gasteiger partial charge in [0.25, 0.3) is 5.69 Å². The van der Waals surface area contributed by atoms with Gasteiger partial charge in [-0.25, -0.2) is 19.2 Å². The molecule has 0 radical (unpaired) electrons. The molecule has 1 fully saturated rings. The van der Waals surface area contributed by atoms with Crippen LogP contribution in [0.3, 0.4) is 0 Å². The van der Waals surface area contributed by atoms with Crippen LogP contribution in [-0.4, -0.2) is 78.0 Å². The second-order valence-electron chi connectivity index (χ2n) is 18.8. The van der Waals surface area contributed by atoms with Crippen LogP contribution in [0.2, 0.25) is 20.1 Å². The fourth-order valence-electron chi connectivity index (χ4n) is 4.90. The lowest BCUT2D eigenvalue weighted by atomic mass is 10.2. The molecule has 4 aromatic rings. The lowest BCUT2D eigenvalue weighted by Gasteiger charge is -2.30. The first-order valence-electron chi connectivity index (χ1n) is 21.6. The Balaban J connectivity index is 0.000000463. The number of piperazine rings is 1. The lowest BCUT2D eigenvalue weighted by molar-refractivity contribution is -0.384. The number of carbonyl (C=O) groups is 4. The monoisotopic (exact) mass is 1270 g/mol. The van der Waals surface area contributed by atoms with Gasteiger partial charge in [-0.3, -0.25) is 20.7 Å². The molecular weight excluding hydrogens is 1220 g/mol. The van der Waals surface area contributed by atoms with Crippen molar-refractivity contribution in [3.63, 3.8) is 0 Å². The number of carbonyl (C=O) groups excluding carboxylic acids is 4. The van der Waals surface area contributed by atoms with E-state index in [9.17, 15) is 29.3 Å². The third-order valence-electron chi connectivity index (χ3n) is 7.64. The summed E-state index contributed by atoms with van der Waals surface area (Å²) in [6.07, 6.45) is -3.14. The number of nitrogens with one attached hydrogen (secondary N) is 3. The van der Waals surface area contributed by atoms with E-state index in [1.807, 2.05) is 39.0 Å². The highest BCUT2D eigenvalue weighted by Gasteiger charge is 2.25.